The van der Waals surface area contributed by atoms with Crippen molar-refractivity contribution in [3.05, 3.63) is 0 Å². The number of hydrogen-bond acceptors (Lipinski definition) is 2. The Bertz CT molecular complexity index is 106. The topological polar surface area (TPSA) is 74.6 Å². The Morgan fingerprint density at radius 1 is 1.25 bits per heavy atom. The van der Waals surface area contributed by atoms with Gasteiger partial charge in [-0.25, -0.2) is 0 Å². The van der Waals surface area contributed by atoms with Gasteiger partial charge in [0.2, 0.25) is 0 Å². The van der Waals surface area contributed by atoms with Gasteiger partial charge < -0.3 is 2.85 Å². The fourth-order valence-corrected chi connectivity index (χ4v) is 0. The molecule has 0 aliphatic rings. The summed E-state index contributed by atoms with van der Waals surface area (Å²) in [7, 11) is -4.67. The summed E-state index contributed by atoms with van der Waals surface area (Å²) < 4.78 is 31.6. The van der Waals surface area contributed by atoms with Gasteiger partial charge in [0, 0.05) is 21.7 Å². The molecule has 0 saturated heterocycles. The van der Waals surface area contributed by atoms with Gasteiger partial charge >= 0.3 is 91.3 Å². The average molecular weight is 210 g/mol. The standard InChI is InChI=1S/K.Na.H2O4S.Ti.2H/c;;1-5(2,3)4;;;/h;;(H2,1,2,3,4);;;/q2*+1;;;2*-1. The zero-order chi connectivity index (χ0) is 4.50. The molecule has 40 valence electrons. The smallest absolute Gasteiger partial charge is 1.00 e. The van der Waals surface area contributed by atoms with E-state index in [1.54, 1.807) is 0 Å². The van der Waals surface area contributed by atoms with Crippen molar-refractivity contribution < 1.29 is 123 Å². The Kier molecular flexibility index (Phi) is 28.7. The maximum Gasteiger partial charge on any atom is 1.00 e. The fraction of sp³-hybridized carbons (Fsp3) is 0. The van der Waals surface area contributed by atoms with Gasteiger partial charge in [-0.1, -0.05) is 0 Å². The van der Waals surface area contributed by atoms with Crippen LogP contribution in [0.3, 0.4) is 0 Å². The molecule has 2 N–H and O–H groups in total. The van der Waals surface area contributed by atoms with Crippen molar-refractivity contribution in [1.82, 2.24) is 0 Å². The second-order valence-corrected chi connectivity index (χ2v) is 1.34. The van der Waals surface area contributed by atoms with Crippen LogP contribution in [0.25, 0.3) is 0 Å². The number of rotatable bonds is 0. The zero-order valence-corrected chi connectivity index (χ0v) is 12.1. The number of hydrogen-bond donors (Lipinski definition) is 2. The van der Waals surface area contributed by atoms with Gasteiger partial charge in [0.1, 0.15) is 0 Å². The first-order valence-electron chi connectivity index (χ1n) is 0.698. The molecule has 4 nitrogen and oxygen atoms in total. The van der Waals surface area contributed by atoms with Gasteiger partial charge in [0.05, 0.1) is 0 Å². The molecule has 0 fully saturated rings. The molecule has 0 amide bonds. The quantitative estimate of drug-likeness (QED) is 0.308. The third-order valence-corrected chi connectivity index (χ3v) is 0. The van der Waals surface area contributed by atoms with E-state index in [0.29, 0.717) is 0 Å². The minimum atomic E-state index is -4.67. The van der Waals surface area contributed by atoms with Crippen LogP contribution in [0.5, 0.6) is 0 Å². The van der Waals surface area contributed by atoms with Crippen LogP contribution in [0.1, 0.15) is 2.85 Å². The first kappa shape index (κ1) is 22.5. The van der Waals surface area contributed by atoms with E-state index < -0.39 is 10.4 Å². The Morgan fingerprint density at radius 3 is 1.25 bits per heavy atom. The molecule has 8 heavy (non-hydrogen) atoms. The van der Waals surface area contributed by atoms with Crippen molar-refractivity contribution in [2.75, 3.05) is 0 Å². The van der Waals surface area contributed by atoms with Crippen molar-refractivity contribution in [2.24, 2.45) is 0 Å². The Labute approximate surface area is 130 Å². The first-order chi connectivity index (χ1) is 2.00. The van der Waals surface area contributed by atoms with Gasteiger partial charge in [-0.3, -0.25) is 9.11 Å². The van der Waals surface area contributed by atoms with Gasteiger partial charge in [0.25, 0.3) is 0 Å². The second kappa shape index (κ2) is 10.2. The van der Waals surface area contributed by atoms with E-state index in [1.807, 2.05) is 0 Å². The van der Waals surface area contributed by atoms with Crippen LogP contribution < -0.4 is 80.9 Å². The van der Waals surface area contributed by atoms with Crippen LogP contribution in [0.15, 0.2) is 0 Å². The second-order valence-electron chi connectivity index (χ2n) is 0.448. The van der Waals surface area contributed by atoms with E-state index in [1.165, 1.54) is 0 Å². The summed E-state index contributed by atoms with van der Waals surface area (Å²) >= 11 is 0. The Hall–Kier alpha value is 3.22. The predicted octanol–water partition coefficient (Wildman–Crippen LogP) is -6.42. The molecule has 0 rings (SSSR count). The summed E-state index contributed by atoms with van der Waals surface area (Å²) in [6, 6.07) is 0. The normalized spacial score (nSPS) is 7.25. The monoisotopic (exact) mass is 210 g/mol. The van der Waals surface area contributed by atoms with Crippen LogP contribution in [0.4, 0.5) is 0 Å². The molecule has 0 spiro atoms. The molecule has 0 aromatic carbocycles. The van der Waals surface area contributed by atoms with Crippen LogP contribution in [-0.2, 0) is 32.1 Å². The van der Waals surface area contributed by atoms with E-state index in [2.05, 4.69) is 0 Å². The van der Waals surface area contributed by atoms with E-state index in [9.17, 15) is 0 Å². The summed E-state index contributed by atoms with van der Waals surface area (Å²) in [6.07, 6.45) is 0. The molecule has 0 aliphatic heterocycles. The largest absolute Gasteiger partial charge is 1.00 e. The van der Waals surface area contributed by atoms with Gasteiger partial charge in [-0.15, -0.1) is 0 Å². The summed E-state index contributed by atoms with van der Waals surface area (Å²) in [5.41, 5.74) is 0. The van der Waals surface area contributed by atoms with Crippen molar-refractivity contribution in [3.8, 4) is 0 Å². The summed E-state index contributed by atoms with van der Waals surface area (Å²) in [5.74, 6) is 0. The maximum atomic E-state index is 8.74. The molecule has 0 aliphatic carbocycles. The van der Waals surface area contributed by atoms with E-state index in [4.69, 9.17) is 17.5 Å². The molecule has 0 aromatic rings. The maximum absolute atomic E-state index is 8.74. The van der Waals surface area contributed by atoms with Crippen LogP contribution >= 0.6 is 0 Å². The summed E-state index contributed by atoms with van der Waals surface area (Å²) in [6.45, 7) is 0. The van der Waals surface area contributed by atoms with Crippen LogP contribution in [-0.4, -0.2) is 17.5 Å². The summed E-state index contributed by atoms with van der Waals surface area (Å²) in [4.78, 5) is 0. The minimum Gasteiger partial charge on any atom is -1.00 e. The van der Waals surface area contributed by atoms with E-state index in [0.717, 1.165) is 0 Å². The average Bonchev–Trinajstić information content (AvgIpc) is 0.722. The molecule has 0 atom stereocenters. The van der Waals surface area contributed by atoms with Gasteiger partial charge in [0.15, 0.2) is 0 Å². The zero-order valence-electron chi connectivity index (χ0n) is 6.62. The van der Waals surface area contributed by atoms with Gasteiger partial charge in [-0.05, 0) is 0 Å². The SMILES string of the molecule is O=S(=O)(O)O.[H-].[H-].[K+].[Na+].[Ti]. The van der Waals surface area contributed by atoms with Crippen molar-refractivity contribution >= 4 is 10.4 Å². The predicted molar refractivity (Wildman–Crippen MR) is 16.4 cm³/mol. The van der Waals surface area contributed by atoms with Crippen LogP contribution in [0, 0.1) is 0 Å². The molecule has 8 heteroatoms. The third-order valence-electron chi connectivity index (χ3n) is 0. The van der Waals surface area contributed by atoms with E-state index >= 15 is 0 Å². The molecular formula is H4KNaO4STi. The molecule has 0 saturated carbocycles. The fourth-order valence-electron chi connectivity index (χ4n) is 0. The van der Waals surface area contributed by atoms with Crippen molar-refractivity contribution in [2.45, 2.75) is 0 Å². The molecule has 0 unspecified atom stereocenters. The summed E-state index contributed by atoms with van der Waals surface area (Å²) in [5, 5.41) is 0. The molecule has 0 heterocycles. The van der Waals surface area contributed by atoms with Crippen molar-refractivity contribution in [3.63, 3.8) is 0 Å². The third kappa shape index (κ3) is 60.1. The Morgan fingerprint density at radius 2 is 1.25 bits per heavy atom. The Balaban J connectivity index is -0.00000000800. The molecule has 0 bridgehead atoms. The molecular weight excluding hydrogens is 206 g/mol. The van der Waals surface area contributed by atoms with E-state index in [-0.39, 0.29) is 106 Å². The minimum absolute atomic E-state index is 0. The van der Waals surface area contributed by atoms with Crippen molar-refractivity contribution in [1.29, 1.82) is 0 Å². The first-order valence-corrected chi connectivity index (χ1v) is 2.10. The molecule has 0 aromatic heterocycles. The molecule has 0 radical (unpaired) electrons. The van der Waals surface area contributed by atoms with Gasteiger partial charge in [-0.2, -0.15) is 8.42 Å². The van der Waals surface area contributed by atoms with Crippen LogP contribution in [0.2, 0.25) is 0 Å².